The molecule has 10 aromatic rings. The lowest BCUT2D eigenvalue weighted by Crippen LogP contribution is -2.61. The van der Waals surface area contributed by atoms with Gasteiger partial charge in [0.25, 0.3) is 6.71 Å². The van der Waals surface area contributed by atoms with E-state index in [-0.39, 0.29) is 28.5 Å². The van der Waals surface area contributed by atoms with Gasteiger partial charge >= 0.3 is 0 Å². The fourth-order valence-electron chi connectivity index (χ4n) is 14.1. The molecule has 4 nitrogen and oxygen atoms in total. The van der Waals surface area contributed by atoms with Gasteiger partial charge in [0.1, 0.15) is 11.2 Å². The van der Waals surface area contributed by atoms with Gasteiger partial charge in [-0.2, -0.15) is 0 Å². The van der Waals surface area contributed by atoms with Crippen molar-refractivity contribution in [3.63, 3.8) is 0 Å². The zero-order chi connectivity index (χ0) is 52.0. The van der Waals surface area contributed by atoms with E-state index in [1.165, 1.54) is 114 Å². The van der Waals surface area contributed by atoms with Crippen molar-refractivity contribution in [2.75, 3.05) is 14.7 Å². The highest BCUT2D eigenvalue weighted by Gasteiger charge is 2.58. The summed E-state index contributed by atoms with van der Waals surface area (Å²) < 4.78 is 6.53. The number of fused-ring (bicyclic) bond motifs is 10. The Kier molecular flexibility index (Phi) is 10.2. The third-order valence-electron chi connectivity index (χ3n) is 18.3. The Balaban J connectivity index is 1.05. The Morgan fingerprint density at radius 1 is 0.461 bits per heavy atom. The highest BCUT2D eigenvalue weighted by Crippen LogP contribution is 2.62. The zero-order valence-corrected chi connectivity index (χ0v) is 45.6. The number of para-hydroxylation sites is 1. The molecule has 0 amide bonds. The molecule has 0 bridgehead atoms. The molecule has 9 aromatic carbocycles. The number of furan rings is 1. The lowest BCUT2D eigenvalue weighted by molar-refractivity contribution is 0.195. The normalized spacial score (nSPS) is 18.6. The standard InChI is InChI=1S/C71H66BN3O/c1-45-38-63-67-64(39-45)74(59-33-27-49(68(2,3)4)41-54(59)47-22-14-11-15-23-47)61-34-28-50(69(5,6)7)42-58(61)72(67)57-31-29-52(44-62(57)73(63)51-30-35-66-55(43-51)53-24-16-17-25-65(53)76-66)75-60-32-26-48(46-20-12-10-13-21-46)40-56(60)70(8)36-18-19-37-71(70,75)9/h10-17,20-35,38-44H,18-19,36-37H2,1-9H3. The molecular formula is C71H66BN3O. The number of rotatable bonds is 5. The van der Waals surface area contributed by atoms with Crippen LogP contribution in [0.5, 0.6) is 0 Å². The molecule has 5 heteroatoms. The second kappa shape index (κ2) is 16.6. The first-order valence-corrected chi connectivity index (χ1v) is 27.7. The summed E-state index contributed by atoms with van der Waals surface area (Å²) in [6.07, 6.45) is 4.73. The average Bonchev–Trinajstić information content (AvgIpc) is 4.07. The molecule has 4 aliphatic rings. The van der Waals surface area contributed by atoms with Crippen LogP contribution in [0.25, 0.3) is 44.2 Å². The molecule has 2 unspecified atom stereocenters. The lowest BCUT2D eigenvalue weighted by atomic mass is 9.33. The first-order chi connectivity index (χ1) is 36.6. The highest BCUT2D eigenvalue weighted by molar-refractivity contribution is 7.00. The largest absolute Gasteiger partial charge is 0.456 e. The third kappa shape index (κ3) is 6.89. The maximum absolute atomic E-state index is 6.53. The predicted molar refractivity (Wildman–Crippen MR) is 324 cm³/mol. The van der Waals surface area contributed by atoms with Gasteiger partial charge < -0.3 is 19.1 Å². The van der Waals surface area contributed by atoms with Crippen LogP contribution in [0.3, 0.4) is 0 Å². The molecule has 2 atom stereocenters. The Hall–Kier alpha value is -7.76. The van der Waals surface area contributed by atoms with Gasteiger partial charge in [0.05, 0.1) is 11.2 Å². The first-order valence-electron chi connectivity index (χ1n) is 27.7. The van der Waals surface area contributed by atoms with Crippen molar-refractivity contribution >= 4 is 90.5 Å². The van der Waals surface area contributed by atoms with Crippen molar-refractivity contribution in [2.24, 2.45) is 0 Å². The van der Waals surface area contributed by atoms with E-state index in [4.69, 9.17) is 4.42 Å². The van der Waals surface area contributed by atoms with Crippen molar-refractivity contribution in [1.82, 2.24) is 0 Å². The predicted octanol–water partition coefficient (Wildman–Crippen LogP) is 17.6. The van der Waals surface area contributed by atoms with Gasteiger partial charge in [-0.25, -0.2) is 0 Å². The van der Waals surface area contributed by atoms with Crippen LogP contribution in [0.4, 0.5) is 45.5 Å². The topological polar surface area (TPSA) is 22.9 Å². The fourth-order valence-corrected chi connectivity index (χ4v) is 14.1. The number of nitrogens with zero attached hydrogens (tertiary/aromatic N) is 3. The van der Waals surface area contributed by atoms with Gasteiger partial charge in [-0.05, 0) is 172 Å². The molecule has 1 aliphatic carbocycles. The van der Waals surface area contributed by atoms with E-state index in [1.807, 2.05) is 0 Å². The molecule has 3 aliphatic heterocycles. The average molecular weight is 988 g/mol. The molecule has 4 heterocycles. The summed E-state index contributed by atoms with van der Waals surface area (Å²) in [5, 5.41) is 2.25. The van der Waals surface area contributed by atoms with Crippen LogP contribution in [0, 0.1) is 6.92 Å². The summed E-state index contributed by atoms with van der Waals surface area (Å²) in [6, 6.07) is 71.7. The number of benzene rings is 9. The molecular weight excluding hydrogens is 922 g/mol. The van der Waals surface area contributed by atoms with Crippen LogP contribution >= 0.6 is 0 Å². The Morgan fingerprint density at radius 3 is 1.84 bits per heavy atom. The van der Waals surface area contributed by atoms with Crippen molar-refractivity contribution in [3.05, 3.63) is 210 Å². The highest BCUT2D eigenvalue weighted by atomic mass is 16.3. The summed E-state index contributed by atoms with van der Waals surface area (Å²) in [5.41, 5.74) is 25.6. The Morgan fingerprint density at radius 2 is 1.09 bits per heavy atom. The van der Waals surface area contributed by atoms with Gasteiger partial charge in [-0.1, -0.05) is 171 Å². The monoisotopic (exact) mass is 988 g/mol. The number of hydrogen-bond donors (Lipinski definition) is 0. The van der Waals surface area contributed by atoms with E-state index in [1.54, 1.807) is 0 Å². The SMILES string of the molecule is Cc1cc2c3c(c1)N(c1ccc(C(C)(C)C)cc1-c1ccccc1)c1ccc(C(C)(C)C)cc1B3c1ccc(N3c4ccc(-c5ccccc5)cc4C4(C)CCCCC34C)cc1N2c1ccc2oc3ccccc3c2c1. The quantitative estimate of drug-likeness (QED) is 0.160. The number of aryl methyl sites for hydroxylation is 1. The van der Waals surface area contributed by atoms with Gasteiger partial charge in [-0.15, -0.1) is 0 Å². The minimum atomic E-state index is -0.133. The second-order valence-electron chi connectivity index (χ2n) is 25.0. The maximum atomic E-state index is 6.53. The minimum absolute atomic E-state index is 0.0309. The maximum Gasteiger partial charge on any atom is 0.252 e. The molecule has 0 spiro atoms. The molecule has 76 heavy (non-hydrogen) atoms. The molecule has 1 aromatic heterocycles. The molecule has 1 saturated carbocycles. The van der Waals surface area contributed by atoms with Gasteiger partial charge in [0.2, 0.25) is 0 Å². The summed E-state index contributed by atoms with van der Waals surface area (Å²) in [7, 11) is 0. The molecule has 374 valence electrons. The molecule has 0 radical (unpaired) electrons. The van der Waals surface area contributed by atoms with Crippen molar-refractivity contribution < 1.29 is 4.42 Å². The van der Waals surface area contributed by atoms with Crippen molar-refractivity contribution in [3.8, 4) is 22.3 Å². The molecule has 1 fully saturated rings. The van der Waals surface area contributed by atoms with E-state index < -0.39 is 0 Å². The summed E-state index contributed by atoms with van der Waals surface area (Å²) >= 11 is 0. The van der Waals surface area contributed by atoms with Gasteiger partial charge in [-0.3, -0.25) is 0 Å². The van der Waals surface area contributed by atoms with E-state index in [9.17, 15) is 0 Å². The van der Waals surface area contributed by atoms with E-state index in [2.05, 4.69) is 265 Å². The minimum Gasteiger partial charge on any atom is -0.456 e. The molecule has 0 saturated heterocycles. The smallest absolute Gasteiger partial charge is 0.252 e. The lowest BCUT2D eigenvalue weighted by Gasteiger charge is -2.50. The number of anilines is 8. The summed E-state index contributed by atoms with van der Waals surface area (Å²) in [6.45, 7) is 21.4. The van der Waals surface area contributed by atoms with Crippen LogP contribution in [-0.2, 0) is 16.2 Å². The Labute approximate surface area is 449 Å². The fraction of sp³-hybridized carbons (Fsp3) is 0.239. The third-order valence-corrected chi connectivity index (χ3v) is 18.3. The van der Waals surface area contributed by atoms with Crippen LogP contribution < -0.4 is 31.1 Å². The van der Waals surface area contributed by atoms with Gasteiger partial charge in [0.15, 0.2) is 0 Å². The number of hydrogen-bond acceptors (Lipinski definition) is 4. The summed E-state index contributed by atoms with van der Waals surface area (Å²) in [4.78, 5) is 7.98. The molecule has 14 rings (SSSR count). The van der Waals surface area contributed by atoms with E-state index >= 15 is 0 Å². The van der Waals surface area contributed by atoms with Crippen LogP contribution in [0.2, 0.25) is 0 Å². The van der Waals surface area contributed by atoms with E-state index in [0.717, 1.165) is 40.5 Å². The van der Waals surface area contributed by atoms with E-state index in [0.29, 0.717) is 0 Å². The van der Waals surface area contributed by atoms with Crippen molar-refractivity contribution in [2.45, 2.75) is 110 Å². The zero-order valence-electron chi connectivity index (χ0n) is 45.6. The Bertz CT molecular complexity index is 3990. The van der Waals surface area contributed by atoms with Crippen LogP contribution in [-0.4, -0.2) is 12.3 Å². The van der Waals surface area contributed by atoms with Crippen molar-refractivity contribution in [1.29, 1.82) is 0 Å². The first kappa shape index (κ1) is 46.8. The second-order valence-corrected chi connectivity index (χ2v) is 25.0. The molecule has 0 N–H and O–H groups in total. The van der Waals surface area contributed by atoms with Gasteiger partial charge in [0, 0.05) is 61.6 Å². The van der Waals surface area contributed by atoms with Crippen LogP contribution in [0.15, 0.2) is 192 Å². The summed E-state index contributed by atoms with van der Waals surface area (Å²) in [5.74, 6) is 0. The van der Waals surface area contributed by atoms with Crippen LogP contribution in [0.1, 0.15) is 103 Å².